The summed E-state index contributed by atoms with van der Waals surface area (Å²) in [6.07, 6.45) is 0. The Labute approximate surface area is 596 Å². The molecule has 0 aliphatic heterocycles. The maximum absolute atomic E-state index is 12.8. The zero-order valence-electron chi connectivity index (χ0n) is 47.4. The zero-order valence-corrected chi connectivity index (χ0v) is 56.3. The van der Waals surface area contributed by atoms with E-state index in [0.717, 1.165) is 48.5 Å². The molecule has 46 heteroatoms. The first-order chi connectivity index (χ1) is 42.3. The number of rotatable bonds is 20. The standard InChI is InChI=1S/2C24H16N8O12S.Cr.3Na/c2*33-20-8-7-17(24(35)22(20)29-28-18-9-15(31(38)39)10-19(23(18)34)32(40)41)27-26-13-3-1-12(2-4-13)25-16-6-5-14(30(36)37)11-21(16)45(42,43)44;;;;/h2*1-11,25-26,28,34H,(H,42,43,44);;;;/q;;;3*+1. The molecule has 10 N–H and O–H groups in total. The fraction of sp³-hybridized carbons (Fsp3) is 0. The molecule has 0 aromatic heterocycles. The van der Waals surface area contributed by atoms with Gasteiger partial charge in [0.25, 0.3) is 43.0 Å². The smallest absolute Gasteiger partial charge is 0.501 e. The number of aromatic hydroxyl groups is 2. The number of nitro groups is 6. The van der Waals surface area contributed by atoms with Crippen molar-refractivity contribution in [2.45, 2.75) is 9.79 Å². The number of benzene rings is 8. The molecule has 0 fully saturated rings. The second kappa shape index (κ2) is 33.2. The van der Waals surface area contributed by atoms with Crippen LogP contribution in [0.4, 0.5) is 79.6 Å². The van der Waals surface area contributed by atoms with E-state index < -0.39 is 149 Å². The van der Waals surface area contributed by atoms with Crippen LogP contribution in [0.2, 0.25) is 0 Å². The topological polar surface area (TPSA) is 598 Å². The molecule has 40 nitrogen and oxygen atoms in total. The van der Waals surface area contributed by atoms with E-state index >= 15 is 0 Å². The summed E-state index contributed by atoms with van der Waals surface area (Å²) in [5.41, 5.74) is 0.261. The van der Waals surface area contributed by atoms with Gasteiger partial charge >= 0.3 is 100 Å². The van der Waals surface area contributed by atoms with Gasteiger partial charge in [0.15, 0.2) is 10.7 Å². The van der Waals surface area contributed by atoms with E-state index in [2.05, 4.69) is 52.7 Å². The average molecular weight is 1400 g/mol. The maximum Gasteiger partial charge on any atom is 1.00 e. The van der Waals surface area contributed by atoms with Crippen LogP contribution in [0.15, 0.2) is 183 Å². The van der Waals surface area contributed by atoms with Crippen LogP contribution in [0, 0.1) is 60.7 Å². The average Bonchev–Trinajstić information content (AvgIpc) is 0.848. The molecule has 0 atom stereocenters. The second-order valence-corrected chi connectivity index (χ2v) is 20.2. The van der Waals surface area contributed by atoms with Gasteiger partial charge in [-0.2, -0.15) is 37.2 Å². The molecule has 0 radical (unpaired) electrons. The summed E-state index contributed by atoms with van der Waals surface area (Å²) in [6.45, 7) is 0. The number of phenolic OH excluding ortho intramolecular Hbond substituents is 2. The molecule has 94 heavy (non-hydrogen) atoms. The first-order valence-corrected chi connectivity index (χ1v) is 26.7. The first kappa shape index (κ1) is 78.6. The van der Waals surface area contributed by atoms with Crippen molar-refractivity contribution in [3.05, 3.63) is 256 Å². The fourth-order valence-corrected chi connectivity index (χ4v) is 8.61. The van der Waals surface area contributed by atoms with E-state index in [1.165, 1.54) is 48.5 Å². The zero-order chi connectivity index (χ0) is 66.1. The Balaban J connectivity index is 0.000000470. The van der Waals surface area contributed by atoms with Gasteiger partial charge in [-0.05, 0) is 84.9 Å². The Morgan fingerprint density at radius 3 is 0.957 bits per heavy atom. The summed E-state index contributed by atoms with van der Waals surface area (Å²) >= 11 is 0. The largest absolute Gasteiger partial charge is 1.00 e. The van der Waals surface area contributed by atoms with Crippen molar-refractivity contribution in [1.82, 2.24) is 0 Å². The van der Waals surface area contributed by atoms with E-state index in [1.54, 1.807) is 0 Å². The van der Waals surface area contributed by atoms with E-state index in [9.17, 15) is 116 Å². The van der Waals surface area contributed by atoms with Crippen molar-refractivity contribution in [2.75, 3.05) is 32.3 Å². The van der Waals surface area contributed by atoms with Crippen LogP contribution >= 0.6 is 0 Å². The van der Waals surface area contributed by atoms with Gasteiger partial charge in [0.2, 0.25) is 33.2 Å². The third-order valence-corrected chi connectivity index (χ3v) is 13.3. The number of nitrogens with zero attached hydrogens (tertiary/aromatic N) is 10. The van der Waals surface area contributed by atoms with Crippen molar-refractivity contribution in [2.24, 2.45) is 20.4 Å². The molecule has 8 aromatic carbocycles. The van der Waals surface area contributed by atoms with Crippen LogP contribution in [0.1, 0.15) is 0 Å². The normalized spacial score (nSPS) is 11.5. The van der Waals surface area contributed by atoms with Crippen LogP contribution in [-0.2, 0) is 37.6 Å². The van der Waals surface area contributed by atoms with Gasteiger partial charge in [-0.3, -0.25) is 111 Å². The fourth-order valence-electron chi connectivity index (χ4n) is 7.27. The number of nitro benzene ring substituents is 6. The van der Waals surface area contributed by atoms with Crippen LogP contribution in [0.5, 0.6) is 11.5 Å². The van der Waals surface area contributed by atoms with Gasteiger partial charge < -0.3 is 20.8 Å². The summed E-state index contributed by atoms with van der Waals surface area (Å²) in [4.78, 5) is 109. The number of nitrogens with one attached hydrogen (secondary N) is 6. The van der Waals surface area contributed by atoms with Crippen LogP contribution in [0.3, 0.4) is 0 Å². The van der Waals surface area contributed by atoms with Gasteiger partial charge in [0, 0.05) is 65.1 Å². The van der Waals surface area contributed by atoms with E-state index in [4.69, 9.17) is 0 Å². The molecule has 0 spiro atoms. The quantitative estimate of drug-likeness (QED) is 0.0112. The van der Waals surface area contributed by atoms with Crippen LogP contribution in [-0.4, -0.2) is 65.7 Å². The Morgan fingerprint density at radius 1 is 0.362 bits per heavy atom. The van der Waals surface area contributed by atoms with Gasteiger partial charge in [0.1, 0.15) is 31.9 Å². The third-order valence-electron chi connectivity index (χ3n) is 11.5. The number of phenols is 2. The predicted molar refractivity (Wildman–Crippen MR) is 308 cm³/mol. The molecule has 0 amide bonds. The van der Waals surface area contributed by atoms with Gasteiger partial charge in [-0.25, -0.2) is 0 Å². The number of hydrogen-bond donors (Lipinski definition) is 10. The third kappa shape index (κ3) is 19.7. The summed E-state index contributed by atoms with van der Waals surface area (Å²) in [7, 11) is -9.65. The van der Waals surface area contributed by atoms with Crippen LogP contribution in [0.25, 0.3) is 0 Å². The van der Waals surface area contributed by atoms with Crippen molar-refractivity contribution < 1.29 is 172 Å². The Hall–Kier alpha value is -9.69. The summed E-state index contributed by atoms with van der Waals surface area (Å²) in [6, 6.07) is 23.5. The molecule has 0 unspecified atom stereocenters. The van der Waals surface area contributed by atoms with Gasteiger partial charge in [-0.15, -0.1) is 0 Å². The molecule has 0 heterocycles. The first-order valence-electron chi connectivity index (χ1n) is 23.8. The van der Waals surface area contributed by atoms with Crippen LogP contribution < -0.4 is 164 Å². The molecular weight excluding hydrogens is 1370 g/mol. The number of non-ortho nitro benzene ring substituents is 4. The van der Waals surface area contributed by atoms with Crippen molar-refractivity contribution in [1.29, 1.82) is 0 Å². The molecule has 0 saturated carbocycles. The molecule has 8 aromatic rings. The molecule has 466 valence electrons. The number of hydrogen-bond acceptors (Lipinski definition) is 32. The van der Waals surface area contributed by atoms with Gasteiger partial charge in [-0.1, -0.05) is 0 Å². The van der Waals surface area contributed by atoms with Crippen molar-refractivity contribution in [3.63, 3.8) is 0 Å². The molecule has 0 aliphatic rings. The monoisotopic (exact) mass is 1400 g/mol. The van der Waals surface area contributed by atoms with E-state index in [1.807, 2.05) is 0 Å². The molecule has 0 bridgehead atoms. The summed E-state index contributed by atoms with van der Waals surface area (Å²) < 4.78 is 65.8. The van der Waals surface area contributed by atoms with E-state index in [0.29, 0.717) is 36.4 Å². The number of anilines is 8. The Bertz CT molecular complexity index is 4770. The van der Waals surface area contributed by atoms with Crippen molar-refractivity contribution >= 4 is 99.9 Å². The van der Waals surface area contributed by atoms with Crippen molar-refractivity contribution in [3.8, 4) is 11.5 Å². The molecular formula is C48H32CrN16Na3O24S2+3. The molecule has 0 saturated heterocycles. The minimum Gasteiger partial charge on any atom is -0.501 e. The minimum atomic E-state index is -4.83. The molecule has 8 rings (SSSR count). The predicted octanol–water partition coefficient (Wildman–Crippen LogP) is -5.87. The van der Waals surface area contributed by atoms with Gasteiger partial charge in [0.05, 0.1) is 64.4 Å². The summed E-state index contributed by atoms with van der Waals surface area (Å²) in [5.74, 6) is -2.06. The maximum atomic E-state index is 12.8. The van der Waals surface area contributed by atoms with E-state index in [-0.39, 0.29) is 151 Å². The molecule has 0 aliphatic carbocycles. The Kier molecular flexibility index (Phi) is 27.8. The summed E-state index contributed by atoms with van der Waals surface area (Å²) in [5, 5.41) is 105. The second-order valence-electron chi connectivity index (χ2n) is 17.4. The minimum absolute atomic E-state index is 0. The SMILES string of the molecule is O=c1ccc(=NNc2ccc(Nc3ccc([N+](=O)[O-])cc3S(=O)(=O)O)cc2)c(=O)c1=NNc1cc([N+](=O)[O-])cc([N+](=O)[O-])c1O.O=c1ccc(=NNc2ccc(Nc3ccc([N+](=O)[O-])cc3S(=O)(=O)O)cc2)c(=O)c1=NNc1cc([N+](=O)[O-])cc([N+](=O)[O-])c1O.[Cr].[Na+].[Na+].[Na+]. The Morgan fingerprint density at radius 2 is 0.670 bits per heavy atom.